The van der Waals surface area contributed by atoms with Crippen LogP contribution in [0.5, 0.6) is 0 Å². The first-order valence-corrected chi connectivity index (χ1v) is 21.7. The maximum Gasteiger partial charge on any atom is 0.410 e. The van der Waals surface area contributed by atoms with Crippen LogP contribution in [0.3, 0.4) is 0 Å². The Labute approximate surface area is 347 Å². The Morgan fingerprint density at radius 1 is 1.03 bits per heavy atom. The minimum absolute atomic E-state index is 0.00802. The maximum absolute atomic E-state index is 14.6. The van der Waals surface area contributed by atoms with Gasteiger partial charge in [0.1, 0.15) is 23.7 Å². The van der Waals surface area contributed by atoms with Crippen molar-refractivity contribution in [3.05, 3.63) is 83.4 Å². The third-order valence-electron chi connectivity index (χ3n) is 11.9. The number of ether oxygens (including phenoxy) is 2. The minimum Gasteiger partial charge on any atom is -0.449 e. The zero-order chi connectivity index (χ0) is 42.9. The molecule has 6 rings (SSSR count). The number of rotatable bonds is 8. The van der Waals surface area contributed by atoms with Crippen LogP contribution in [-0.4, -0.2) is 96.4 Å². The van der Waals surface area contributed by atoms with Crippen molar-refractivity contribution in [2.45, 2.75) is 117 Å². The highest BCUT2D eigenvalue weighted by Gasteiger charge is 2.62. The molecule has 16 heteroatoms. The monoisotopic (exact) mass is 834 g/mol. The summed E-state index contributed by atoms with van der Waals surface area (Å²) in [6, 6.07) is 12.5. The molecule has 4 bridgehead atoms. The van der Waals surface area contributed by atoms with E-state index in [0.29, 0.717) is 18.7 Å². The number of hydrogen-bond acceptors (Lipinski definition) is 9. The van der Waals surface area contributed by atoms with Gasteiger partial charge in [0, 0.05) is 39.0 Å². The molecule has 5 amide bonds. The predicted molar refractivity (Wildman–Crippen MR) is 219 cm³/mol. The van der Waals surface area contributed by atoms with Gasteiger partial charge in [-0.15, -0.1) is 6.58 Å². The Hall–Kier alpha value is -4.96. The summed E-state index contributed by atoms with van der Waals surface area (Å²) in [5.74, 6) is -2.92. The molecule has 2 aromatic rings. The number of amides is 5. The normalized spacial score (nSPS) is 26.3. The van der Waals surface area contributed by atoms with Crippen LogP contribution < -0.4 is 15.4 Å². The second-order valence-electron chi connectivity index (χ2n) is 18.2. The molecule has 15 nitrogen and oxygen atoms in total. The first-order valence-electron chi connectivity index (χ1n) is 20.3. The molecule has 1 saturated heterocycles. The topological polar surface area (TPSA) is 184 Å². The number of alkyl carbamates (subject to hydrolysis) is 1. The number of aryl methyl sites for hydroxylation is 1. The average Bonchev–Trinajstić information content (AvgIpc) is 3.46. The molecule has 3 heterocycles. The van der Waals surface area contributed by atoms with Crippen molar-refractivity contribution in [3.63, 3.8) is 0 Å². The van der Waals surface area contributed by atoms with Crippen LogP contribution in [0.15, 0.2) is 61.2 Å². The lowest BCUT2D eigenvalue weighted by molar-refractivity contribution is -0.143. The van der Waals surface area contributed by atoms with Crippen molar-refractivity contribution in [1.82, 2.24) is 29.5 Å². The van der Waals surface area contributed by atoms with Crippen LogP contribution in [0.2, 0.25) is 0 Å². The van der Waals surface area contributed by atoms with Gasteiger partial charge in [-0.05, 0) is 58.8 Å². The Morgan fingerprint density at radius 2 is 1.75 bits per heavy atom. The Balaban J connectivity index is 1.26. The van der Waals surface area contributed by atoms with Crippen LogP contribution in [0.4, 0.5) is 9.59 Å². The van der Waals surface area contributed by atoms with Crippen LogP contribution in [0.1, 0.15) is 89.0 Å². The molecule has 2 aromatic carbocycles. The van der Waals surface area contributed by atoms with Crippen molar-refractivity contribution >= 4 is 40.1 Å². The number of nitrogens with zero attached hydrogens (tertiary/aromatic N) is 3. The highest BCUT2D eigenvalue weighted by Crippen LogP contribution is 2.45. The van der Waals surface area contributed by atoms with Crippen molar-refractivity contribution < 1.29 is 41.9 Å². The van der Waals surface area contributed by atoms with E-state index in [1.165, 1.54) is 18.0 Å². The van der Waals surface area contributed by atoms with Crippen LogP contribution in [0, 0.1) is 16.7 Å². The summed E-state index contributed by atoms with van der Waals surface area (Å²) >= 11 is 0. The Kier molecular flexibility index (Phi) is 12.5. The summed E-state index contributed by atoms with van der Waals surface area (Å²) in [5, 5.41) is 5.51. The molecule has 320 valence electrons. The average molecular weight is 835 g/mol. The summed E-state index contributed by atoms with van der Waals surface area (Å²) in [4.78, 5) is 72.9. The molecule has 3 aliphatic heterocycles. The lowest BCUT2D eigenvalue weighted by Crippen LogP contribution is -2.60. The summed E-state index contributed by atoms with van der Waals surface area (Å²) in [6.45, 7) is 13.8. The molecule has 4 aliphatic rings. The molecular formula is C43H58N6O9S. The number of cyclic esters (lactones) is 1. The van der Waals surface area contributed by atoms with Gasteiger partial charge in [0.2, 0.25) is 11.8 Å². The fourth-order valence-electron chi connectivity index (χ4n) is 8.22. The van der Waals surface area contributed by atoms with Gasteiger partial charge >= 0.3 is 22.4 Å². The molecule has 1 aliphatic carbocycles. The van der Waals surface area contributed by atoms with Gasteiger partial charge in [-0.3, -0.25) is 19.3 Å². The highest BCUT2D eigenvalue weighted by atomic mass is 32.2. The van der Waals surface area contributed by atoms with E-state index in [0.717, 1.165) is 46.7 Å². The second kappa shape index (κ2) is 17.0. The molecule has 3 N–H and O–H groups in total. The number of benzene rings is 2. The first kappa shape index (κ1) is 43.6. The van der Waals surface area contributed by atoms with Gasteiger partial charge in [0.05, 0.1) is 13.2 Å². The third-order valence-corrected chi connectivity index (χ3v) is 13.3. The molecule has 0 spiro atoms. The fourth-order valence-corrected chi connectivity index (χ4v) is 9.11. The van der Waals surface area contributed by atoms with Crippen LogP contribution in [-0.2, 0) is 60.1 Å². The summed E-state index contributed by atoms with van der Waals surface area (Å²) in [6.07, 6.45) is 2.56. The largest absolute Gasteiger partial charge is 0.449 e. The Morgan fingerprint density at radius 3 is 2.42 bits per heavy atom. The molecule has 2 fully saturated rings. The van der Waals surface area contributed by atoms with Gasteiger partial charge in [-0.1, -0.05) is 95.6 Å². The first-order chi connectivity index (χ1) is 27.7. The van der Waals surface area contributed by atoms with Gasteiger partial charge in [0.25, 0.3) is 5.91 Å². The van der Waals surface area contributed by atoms with E-state index in [1.807, 2.05) is 26.0 Å². The summed E-state index contributed by atoms with van der Waals surface area (Å²) in [5.41, 5.74) is 1.12. The van der Waals surface area contributed by atoms with E-state index < -0.39 is 75.2 Å². The van der Waals surface area contributed by atoms with Crippen molar-refractivity contribution in [3.8, 4) is 0 Å². The fraction of sp³-hybridized carbons (Fsp3) is 0.558. The smallest absolute Gasteiger partial charge is 0.410 e. The summed E-state index contributed by atoms with van der Waals surface area (Å²) < 4.78 is 41.5. The van der Waals surface area contributed by atoms with Gasteiger partial charge in [-0.25, -0.2) is 14.3 Å². The minimum atomic E-state index is -4.35. The number of carbonyl (C=O) groups excluding carboxylic acids is 5. The van der Waals surface area contributed by atoms with E-state index >= 15 is 0 Å². The molecule has 1 saturated carbocycles. The molecule has 5 atom stereocenters. The lowest BCUT2D eigenvalue weighted by Gasteiger charge is -2.35. The quantitative estimate of drug-likeness (QED) is 0.321. The Bertz CT molecular complexity index is 2070. The van der Waals surface area contributed by atoms with Crippen molar-refractivity contribution in [2.24, 2.45) is 16.7 Å². The predicted octanol–water partition coefficient (Wildman–Crippen LogP) is 4.56. The SMILES string of the molecule is C=C[C@@H]1C[C@]1(NC(=O)[C@@H]1C[C@@H]2CN1C(=O)[C@H](C(C)(C)C)NC(=O)OCC(C)(C)CCCCc1cccc3c1CN(C3)C(=O)O2)C(=O)NS(=O)(=O)N(C)Cc1ccccc1. The van der Waals surface area contributed by atoms with E-state index in [2.05, 4.69) is 28.0 Å². The van der Waals surface area contributed by atoms with E-state index in [-0.39, 0.29) is 38.0 Å². The number of nitrogens with one attached hydrogen (secondary N) is 3. The highest BCUT2D eigenvalue weighted by molar-refractivity contribution is 7.87. The number of hydrogen-bond donors (Lipinski definition) is 3. The molecular weight excluding hydrogens is 777 g/mol. The standard InChI is InChI=1S/C43H58N6O9S/c1-8-31-22-43(31,38(52)46-59(55,56)47(7)23-28-15-10-9-11-16-28)45-36(50)34-21-32-25-49(34)37(51)35(41(2,3)4)44-39(53)57-27-42(5,6)20-13-12-17-29-18-14-19-30-24-48(26-33(29)30)40(54)58-32/h8-11,14-16,18-19,31-32,34-35H,1,12-13,17,20-27H2,2-7H3,(H,44,53)(H,45,50)(H,46,52)/t31-,32-,34+,35-,43-/m1/s1. The van der Waals surface area contributed by atoms with E-state index in [9.17, 15) is 32.4 Å². The molecule has 0 unspecified atom stereocenters. The third kappa shape index (κ3) is 9.92. The summed E-state index contributed by atoms with van der Waals surface area (Å²) in [7, 11) is -3.01. The van der Waals surface area contributed by atoms with E-state index in [1.54, 1.807) is 56.0 Å². The molecule has 0 aromatic heterocycles. The van der Waals surface area contributed by atoms with Gasteiger partial charge in [-0.2, -0.15) is 12.7 Å². The zero-order valence-corrected chi connectivity index (χ0v) is 35.7. The number of fused-ring (bicyclic) bond motifs is 3. The molecule has 0 radical (unpaired) electrons. The van der Waals surface area contributed by atoms with Crippen LogP contribution in [0.25, 0.3) is 0 Å². The molecule has 59 heavy (non-hydrogen) atoms. The van der Waals surface area contributed by atoms with Gasteiger partial charge in [0.15, 0.2) is 0 Å². The van der Waals surface area contributed by atoms with Crippen molar-refractivity contribution in [2.75, 3.05) is 20.2 Å². The van der Waals surface area contributed by atoms with Crippen molar-refractivity contribution in [1.29, 1.82) is 0 Å². The second-order valence-corrected chi connectivity index (χ2v) is 20.0. The van der Waals surface area contributed by atoms with Crippen LogP contribution >= 0.6 is 0 Å². The lowest BCUT2D eigenvalue weighted by atomic mass is 9.85. The van der Waals surface area contributed by atoms with Gasteiger partial charge < -0.3 is 25.0 Å². The van der Waals surface area contributed by atoms with E-state index in [4.69, 9.17) is 9.47 Å². The number of carbonyl (C=O) groups is 5. The zero-order valence-electron chi connectivity index (χ0n) is 34.9. The maximum atomic E-state index is 14.6.